The molecule has 2 heterocycles. The third-order valence-corrected chi connectivity index (χ3v) is 4.90. The molecular formula is C19H15Cl2N3O2. The number of rotatable bonds is 4. The number of fused-ring (bicyclic) bond motifs is 1. The quantitative estimate of drug-likeness (QED) is 0.491. The summed E-state index contributed by atoms with van der Waals surface area (Å²) < 4.78 is 7.24. The zero-order valence-corrected chi connectivity index (χ0v) is 15.3. The highest BCUT2D eigenvalue weighted by Gasteiger charge is 2.28. The summed E-state index contributed by atoms with van der Waals surface area (Å²) in [6.45, 7) is -0.0504. The van der Waals surface area contributed by atoms with Gasteiger partial charge < -0.3 is 4.74 Å². The van der Waals surface area contributed by atoms with Gasteiger partial charge in [0.05, 0.1) is 16.4 Å². The third-order valence-electron chi connectivity index (χ3n) is 4.35. The summed E-state index contributed by atoms with van der Waals surface area (Å²) in [5.74, 6) is -0.476. The topological polar surface area (TPSA) is 57.0 Å². The van der Waals surface area contributed by atoms with E-state index in [-0.39, 0.29) is 6.61 Å². The van der Waals surface area contributed by atoms with Crippen LogP contribution in [0.3, 0.4) is 0 Å². The van der Waals surface area contributed by atoms with Crippen LogP contribution in [0.15, 0.2) is 42.5 Å². The number of esters is 1. The Kier molecular flexibility index (Phi) is 4.66. The Morgan fingerprint density at radius 3 is 2.73 bits per heavy atom. The van der Waals surface area contributed by atoms with Gasteiger partial charge in [-0.05, 0) is 43.5 Å². The summed E-state index contributed by atoms with van der Waals surface area (Å²) in [7, 11) is 0. The van der Waals surface area contributed by atoms with Gasteiger partial charge in [0.1, 0.15) is 11.8 Å². The molecule has 0 spiro atoms. The normalized spacial score (nSPS) is 12.8. The van der Waals surface area contributed by atoms with Crippen LogP contribution in [0.4, 0.5) is 0 Å². The molecule has 1 aliphatic rings. The number of ether oxygens (including phenoxy) is 1. The number of hydrogen-bond donors (Lipinski definition) is 0. The van der Waals surface area contributed by atoms with Crippen LogP contribution in [0, 0.1) is 0 Å². The average Bonchev–Trinajstić information content (AvgIpc) is 3.25. The third kappa shape index (κ3) is 3.20. The van der Waals surface area contributed by atoms with Gasteiger partial charge in [0.15, 0.2) is 5.69 Å². The second-order valence-electron chi connectivity index (χ2n) is 6.01. The Hall–Kier alpha value is -2.37. The number of aromatic nitrogens is 3. The van der Waals surface area contributed by atoms with Crippen LogP contribution in [-0.2, 0) is 24.2 Å². The van der Waals surface area contributed by atoms with Crippen molar-refractivity contribution in [2.24, 2.45) is 0 Å². The summed E-state index contributed by atoms with van der Waals surface area (Å²) in [5, 5.41) is 5.22. The number of hydrogen-bond acceptors (Lipinski definition) is 4. The molecule has 0 saturated heterocycles. The van der Waals surface area contributed by atoms with Crippen LogP contribution >= 0.6 is 23.2 Å². The van der Waals surface area contributed by atoms with Gasteiger partial charge in [-0.25, -0.2) is 14.5 Å². The van der Waals surface area contributed by atoms with Crippen molar-refractivity contribution in [1.82, 2.24) is 14.8 Å². The molecule has 0 aliphatic heterocycles. The molecule has 0 atom stereocenters. The van der Waals surface area contributed by atoms with E-state index in [1.807, 2.05) is 35.0 Å². The second kappa shape index (κ2) is 7.09. The first-order valence-electron chi connectivity index (χ1n) is 8.27. The molecule has 0 unspecified atom stereocenters. The standard InChI is InChI=1S/C19H15Cl2N3O2/c20-14-9-10-17(21)22-15(14)11-26-19(25)18-13-7-4-8-16(13)24(23-18)12-5-2-1-3-6-12/h1-3,5-6,9-10H,4,7-8,11H2. The molecule has 0 radical (unpaired) electrons. The van der Waals surface area contributed by atoms with Crippen molar-refractivity contribution in [3.63, 3.8) is 0 Å². The number of para-hydroxylation sites is 1. The van der Waals surface area contributed by atoms with Crippen molar-refractivity contribution in [2.45, 2.75) is 25.9 Å². The molecule has 0 fully saturated rings. The fourth-order valence-electron chi connectivity index (χ4n) is 3.15. The van der Waals surface area contributed by atoms with Crippen LogP contribution in [0.2, 0.25) is 10.2 Å². The van der Waals surface area contributed by atoms with Crippen LogP contribution in [-0.4, -0.2) is 20.7 Å². The molecule has 26 heavy (non-hydrogen) atoms. The van der Waals surface area contributed by atoms with Crippen molar-refractivity contribution in [3.05, 3.63) is 75.3 Å². The number of carbonyl (C=O) groups excluding carboxylic acids is 1. The maximum Gasteiger partial charge on any atom is 0.359 e. The van der Waals surface area contributed by atoms with E-state index in [9.17, 15) is 4.79 Å². The smallest absolute Gasteiger partial charge is 0.359 e. The molecule has 1 aromatic carbocycles. The van der Waals surface area contributed by atoms with E-state index < -0.39 is 5.97 Å². The number of nitrogens with zero attached hydrogens (tertiary/aromatic N) is 3. The fraction of sp³-hybridized carbons (Fsp3) is 0.211. The molecule has 0 bridgehead atoms. The molecule has 5 nitrogen and oxygen atoms in total. The van der Waals surface area contributed by atoms with Gasteiger partial charge in [0.25, 0.3) is 0 Å². The monoisotopic (exact) mass is 387 g/mol. The maximum atomic E-state index is 12.6. The highest BCUT2D eigenvalue weighted by atomic mass is 35.5. The van der Waals surface area contributed by atoms with Gasteiger partial charge in [-0.1, -0.05) is 41.4 Å². The lowest BCUT2D eigenvalue weighted by atomic mass is 10.2. The van der Waals surface area contributed by atoms with Crippen molar-refractivity contribution in [3.8, 4) is 5.69 Å². The number of halogens is 2. The molecule has 4 rings (SSSR count). The Morgan fingerprint density at radius 2 is 1.92 bits per heavy atom. The lowest BCUT2D eigenvalue weighted by Gasteiger charge is -2.06. The van der Waals surface area contributed by atoms with Gasteiger partial charge in [-0.15, -0.1) is 0 Å². The van der Waals surface area contributed by atoms with Crippen molar-refractivity contribution >= 4 is 29.2 Å². The van der Waals surface area contributed by atoms with Crippen LogP contribution in [0.1, 0.15) is 33.9 Å². The Bertz CT molecular complexity index is 970. The zero-order valence-electron chi connectivity index (χ0n) is 13.8. The van der Waals surface area contributed by atoms with E-state index in [2.05, 4.69) is 10.1 Å². The van der Waals surface area contributed by atoms with Crippen molar-refractivity contribution < 1.29 is 9.53 Å². The summed E-state index contributed by atoms with van der Waals surface area (Å²) in [4.78, 5) is 16.7. The second-order valence-corrected chi connectivity index (χ2v) is 6.81. The van der Waals surface area contributed by atoms with Crippen molar-refractivity contribution in [2.75, 3.05) is 0 Å². The van der Waals surface area contributed by atoms with Gasteiger partial charge in [-0.2, -0.15) is 5.10 Å². The summed E-state index contributed by atoms with van der Waals surface area (Å²) in [6, 6.07) is 13.0. The van der Waals surface area contributed by atoms with Gasteiger partial charge >= 0.3 is 5.97 Å². The molecule has 7 heteroatoms. The molecule has 0 saturated carbocycles. The van der Waals surface area contributed by atoms with Crippen LogP contribution < -0.4 is 0 Å². The first-order valence-corrected chi connectivity index (χ1v) is 9.03. The first-order chi connectivity index (χ1) is 12.6. The summed E-state index contributed by atoms with van der Waals surface area (Å²) >= 11 is 11.9. The largest absolute Gasteiger partial charge is 0.454 e. The predicted molar refractivity (Wildman–Crippen MR) is 99.0 cm³/mol. The molecule has 0 amide bonds. The predicted octanol–water partition coefficient (Wildman–Crippen LogP) is 4.42. The molecule has 0 N–H and O–H groups in total. The van der Waals surface area contributed by atoms with Crippen molar-refractivity contribution in [1.29, 1.82) is 0 Å². The highest BCUT2D eigenvalue weighted by Crippen LogP contribution is 2.28. The van der Waals surface area contributed by atoms with E-state index in [1.54, 1.807) is 12.1 Å². The lowest BCUT2D eigenvalue weighted by Crippen LogP contribution is -2.10. The van der Waals surface area contributed by atoms with Gasteiger partial charge in [-0.3, -0.25) is 0 Å². The van der Waals surface area contributed by atoms with Gasteiger partial charge in [0.2, 0.25) is 0 Å². The molecule has 2 aromatic heterocycles. The van der Waals surface area contributed by atoms with Crippen LogP contribution in [0.5, 0.6) is 0 Å². The zero-order chi connectivity index (χ0) is 18.1. The first kappa shape index (κ1) is 17.1. The minimum Gasteiger partial charge on any atom is -0.454 e. The summed E-state index contributed by atoms with van der Waals surface area (Å²) in [5.41, 5.74) is 3.75. The average molecular weight is 388 g/mol. The molecule has 1 aliphatic carbocycles. The van der Waals surface area contributed by atoms with Gasteiger partial charge in [0, 0.05) is 11.3 Å². The number of carbonyl (C=O) groups is 1. The number of pyridine rings is 1. The Morgan fingerprint density at radius 1 is 1.12 bits per heavy atom. The Balaban J connectivity index is 1.60. The fourth-order valence-corrected chi connectivity index (χ4v) is 3.47. The SMILES string of the molecule is O=C(OCc1nc(Cl)ccc1Cl)c1nn(-c2ccccc2)c2c1CCC2. The van der Waals surface area contributed by atoms with E-state index in [0.29, 0.717) is 21.6 Å². The lowest BCUT2D eigenvalue weighted by molar-refractivity contribution is 0.0459. The van der Waals surface area contributed by atoms with E-state index in [1.165, 1.54) is 0 Å². The van der Waals surface area contributed by atoms with Crippen LogP contribution in [0.25, 0.3) is 5.69 Å². The molecular weight excluding hydrogens is 373 g/mol. The summed E-state index contributed by atoms with van der Waals surface area (Å²) in [6.07, 6.45) is 2.72. The van der Waals surface area contributed by atoms with E-state index in [4.69, 9.17) is 27.9 Å². The Labute approximate surface area is 160 Å². The van der Waals surface area contributed by atoms with E-state index >= 15 is 0 Å². The molecule has 132 valence electrons. The maximum absolute atomic E-state index is 12.6. The minimum absolute atomic E-state index is 0.0504. The molecule has 3 aromatic rings. The number of benzene rings is 1. The minimum atomic E-state index is -0.476. The highest BCUT2D eigenvalue weighted by molar-refractivity contribution is 6.32. The van der Waals surface area contributed by atoms with E-state index in [0.717, 1.165) is 36.2 Å².